The first-order chi connectivity index (χ1) is 6.86. The summed E-state index contributed by atoms with van der Waals surface area (Å²) in [7, 11) is 0. The minimum Gasteiger partial charge on any atom is -0.490 e. The van der Waals surface area contributed by atoms with E-state index in [1.807, 2.05) is 0 Å². The Bertz CT molecular complexity index is 301. The lowest BCUT2D eigenvalue weighted by atomic mass is 10.2. The van der Waals surface area contributed by atoms with E-state index in [2.05, 4.69) is 0 Å². The standard InChI is InChI=1S/C11H12O3/c12-7-1-2-8-14-11-5-3-10(9-13)4-6-11/h1-6,9,12H,7-8H2/b2-1+. The van der Waals surface area contributed by atoms with Crippen molar-refractivity contribution in [3.8, 4) is 5.75 Å². The molecule has 0 aliphatic heterocycles. The van der Waals surface area contributed by atoms with E-state index in [1.54, 1.807) is 36.4 Å². The lowest BCUT2D eigenvalue weighted by Gasteiger charge is -2.02. The van der Waals surface area contributed by atoms with Crippen LogP contribution in [-0.4, -0.2) is 24.6 Å². The normalized spacial score (nSPS) is 10.4. The molecule has 1 N–H and O–H groups in total. The van der Waals surface area contributed by atoms with E-state index in [0.717, 1.165) is 6.29 Å². The highest BCUT2D eigenvalue weighted by Crippen LogP contribution is 2.10. The Morgan fingerprint density at radius 2 is 1.93 bits per heavy atom. The fourth-order valence-electron chi connectivity index (χ4n) is 0.930. The fourth-order valence-corrected chi connectivity index (χ4v) is 0.930. The van der Waals surface area contributed by atoms with Gasteiger partial charge in [0.25, 0.3) is 0 Å². The zero-order chi connectivity index (χ0) is 10.2. The summed E-state index contributed by atoms with van der Waals surface area (Å²) in [5, 5.41) is 8.45. The first kappa shape index (κ1) is 10.5. The van der Waals surface area contributed by atoms with Crippen LogP contribution in [0.4, 0.5) is 0 Å². The molecule has 0 aliphatic carbocycles. The molecular weight excluding hydrogens is 180 g/mol. The van der Waals surface area contributed by atoms with Gasteiger partial charge in [0.1, 0.15) is 18.6 Å². The van der Waals surface area contributed by atoms with Gasteiger partial charge in [0, 0.05) is 5.56 Å². The molecule has 14 heavy (non-hydrogen) atoms. The molecule has 3 nitrogen and oxygen atoms in total. The average molecular weight is 192 g/mol. The summed E-state index contributed by atoms with van der Waals surface area (Å²) in [6, 6.07) is 6.85. The number of ether oxygens (including phenoxy) is 1. The van der Waals surface area contributed by atoms with Crippen LogP contribution in [0.2, 0.25) is 0 Å². The molecule has 0 fully saturated rings. The van der Waals surface area contributed by atoms with Crippen molar-refractivity contribution in [1.82, 2.24) is 0 Å². The van der Waals surface area contributed by atoms with Gasteiger partial charge in [0.2, 0.25) is 0 Å². The molecule has 0 amide bonds. The van der Waals surface area contributed by atoms with Crippen LogP contribution < -0.4 is 4.74 Å². The number of carbonyl (C=O) groups is 1. The number of aliphatic hydroxyl groups is 1. The van der Waals surface area contributed by atoms with Gasteiger partial charge in [-0.05, 0) is 30.3 Å². The van der Waals surface area contributed by atoms with Crippen molar-refractivity contribution in [2.24, 2.45) is 0 Å². The Balaban J connectivity index is 2.43. The topological polar surface area (TPSA) is 46.5 Å². The Labute approximate surface area is 82.6 Å². The van der Waals surface area contributed by atoms with Crippen molar-refractivity contribution in [3.05, 3.63) is 42.0 Å². The molecule has 0 aliphatic rings. The quantitative estimate of drug-likeness (QED) is 0.567. The maximum absolute atomic E-state index is 10.3. The van der Waals surface area contributed by atoms with Gasteiger partial charge in [-0.1, -0.05) is 6.08 Å². The van der Waals surface area contributed by atoms with Crippen molar-refractivity contribution in [2.45, 2.75) is 0 Å². The monoisotopic (exact) mass is 192 g/mol. The second kappa shape index (κ2) is 5.94. The fraction of sp³-hybridized carbons (Fsp3) is 0.182. The highest BCUT2D eigenvalue weighted by atomic mass is 16.5. The Kier molecular flexibility index (Phi) is 4.44. The van der Waals surface area contributed by atoms with Gasteiger partial charge in [0.05, 0.1) is 6.61 Å². The summed E-state index contributed by atoms with van der Waals surface area (Å²) in [5.74, 6) is 0.707. The molecule has 3 heteroatoms. The largest absolute Gasteiger partial charge is 0.490 e. The number of benzene rings is 1. The predicted molar refractivity (Wildman–Crippen MR) is 53.6 cm³/mol. The van der Waals surface area contributed by atoms with Crippen molar-refractivity contribution in [3.63, 3.8) is 0 Å². The summed E-state index contributed by atoms with van der Waals surface area (Å²) < 4.78 is 5.29. The lowest BCUT2D eigenvalue weighted by molar-refractivity contribution is 0.112. The average Bonchev–Trinajstić information content (AvgIpc) is 2.25. The SMILES string of the molecule is O=Cc1ccc(OC/C=C/CO)cc1. The van der Waals surface area contributed by atoms with Crippen LogP contribution in [0.25, 0.3) is 0 Å². The van der Waals surface area contributed by atoms with Crippen molar-refractivity contribution < 1.29 is 14.6 Å². The second-order valence-electron chi connectivity index (χ2n) is 2.65. The number of aliphatic hydroxyl groups excluding tert-OH is 1. The van der Waals surface area contributed by atoms with Gasteiger partial charge in [-0.3, -0.25) is 4.79 Å². The molecular formula is C11H12O3. The van der Waals surface area contributed by atoms with Crippen molar-refractivity contribution in [1.29, 1.82) is 0 Å². The van der Waals surface area contributed by atoms with Crippen LogP contribution in [0.5, 0.6) is 5.75 Å². The van der Waals surface area contributed by atoms with Gasteiger partial charge in [0.15, 0.2) is 0 Å². The van der Waals surface area contributed by atoms with Crippen LogP contribution in [0.3, 0.4) is 0 Å². The van der Waals surface area contributed by atoms with Crippen LogP contribution in [0, 0.1) is 0 Å². The molecule has 0 atom stereocenters. The maximum Gasteiger partial charge on any atom is 0.150 e. The van der Waals surface area contributed by atoms with E-state index in [9.17, 15) is 4.79 Å². The molecule has 1 rings (SSSR count). The number of hydrogen-bond donors (Lipinski definition) is 1. The molecule has 0 radical (unpaired) electrons. The zero-order valence-electron chi connectivity index (χ0n) is 7.72. The van der Waals surface area contributed by atoms with E-state index in [-0.39, 0.29) is 6.61 Å². The molecule has 0 heterocycles. The van der Waals surface area contributed by atoms with Crippen LogP contribution in [0.15, 0.2) is 36.4 Å². The van der Waals surface area contributed by atoms with Gasteiger partial charge < -0.3 is 9.84 Å². The highest BCUT2D eigenvalue weighted by molar-refractivity contribution is 5.74. The summed E-state index contributed by atoms with van der Waals surface area (Å²) in [5.41, 5.74) is 0.628. The second-order valence-corrected chi connectivity index (χ2v) is 2.65. The molecule has 0 bridgehead atoms. The Hall–Kier alpha value is -1.61. The Morgan fingerprint density at radius 1 is 1.21 bits per heavy atom. The maximum atomic E-state index is 10.3. The first-order valence-electron chi connectivity index (χ1n) is 4.30. The number of carbonyl (C=O) groups excluding carboxylic acids is 1. The number of aldehydes is 1. The highest BCUT2D eigenvalue weighted by Gasteiger charge is 1.92. The molecule has 74 valence electrons. The van der Waals surface area contributed by atoms with Crippen molar-refractivity contribution in [2.75, 3.05) is 13.2 Å². The molecule has 0 aromatic heterocycles. The van der Waals surface area contributed by atoms with Crippen LogP contribution >= 0.6 is 0 Å². The predicted octanol–water partition coefficient (Wildman–Crippen LogP) is 1.43. The van der Waals surface area contributed by atoms with E-state index in [0.29, 0.717) is 17.9 Å². The van der Waals surface area contributed by atoms with Gasteiger partial charge >= 0.3 is 0 Å². The van der Waals surface area contributed by atoms with Gasteiger partial charge in [-0.15, -0.1) is 0 Å². The van der Waals surface area contributed by atoms with Gasteiger partial charge in [-0.25, -0.2) is 0 Å². The molecule has 0 spiro atoms. The summed E-state index contributed by atoms with van der Waals surface area (Å²) in [6.07, 6.45) is 4.13. The molecule has 0 saturated heterocycles. The Morgan fingerprint density at radius 3 is 2.50 bits per heavy atom. The van der Waals surface area contributed by atoms with Crippen LogP contribution in [0.1, 0.15) is 10.4 Å². The van der Waals surface area contributed by atoms with Crippen molar-refractivity contribution >= 4 is 6.29 Å². The third-order valence-corrected chi connectivity index (χ3v) is 1.63. The van der Waals surface area contributed by atoms with E-state index in [4.69, 9.17) is 9.84 Å². The number of hydrogen-bond acceptors (Lipinski definition) is 3. The third-order valence-electron chi connectivity index (χ3n) is 1.63. The van der Waals surface area contributed by atoms with E-state index < -0.39 is 0 Å². The molecule has 0 unspecified atom stereocenters. The van der Waals surface area contributed by atoms with E-state index in [1.165, 1.54) is 0 Å². The van der Waals surface area contributed by atoms with Crippen LogP contribution in [-0.2, 0) is 0 Å². The van der Waals surface area contributed by atoms with E-state index >= 15 is 0 Å². The molecule has 1 aromatic rings. The summed E-state index contributed by atoms with van der Waals surface area (Å²) in [4.78, 5) is 10.3. The smallest absolute Gasteiger partial charge is 0.150 e. The molecule has 0 saturated carbocycles. The minimum atomic E-state index is 0.0213. The minimum absolute atomic E-state index is 0.0213. The number of rotatable bonds is 5. The zero-order valence-corrected chi connectivity index (χ0v) is 7.72. The first-order valence-corrected chi connectivity index (χ1v) is 4.30. The van der Waals surface area contributed by atoms with Gasteiger partial charge in [-0.2, -0.15) is 0 Å². The molecule has 1 aromatic carbocycles. The third kappa shape index (κ3) is 3.41. The summed E-state index contributed by atoms with van der Waals surface area (Å²) in [6.45, 7) is 0.439. The lowest BCUT2D eigenvalue weighted by Crippen LogP contribution is -1.93. The summed E-state index contributed by atoms with van der Waals surface area (Å²) >= 11 is 0.